The lowest BCUT2D eigenvalue weighted by Crippen LogP contribution is -2.19. The quantitative estimate of drug-likeness (QED) is 0.577. The molecule has 0 fully saturated rings. The van der Waals surface area contributed by atoms with E-state index < -0.39 is 0 Å². The SMILES string of the molecule is O=C(Nc1ccc(F)cc1)c1cccc(NC(=S)Nc2ccccc2)c1. The van der Waals surface area contributed by atoms with E-state index in [4.69, 9.17) is 12.2 Å². The standard InChI is InChI=1S/C20H16FN3OS/c21-15-9-11-17(12-10-15)22-19(25)14-5-4-8-18(13-14)24-20(26)23-16-6-2-1-3-7-16/h1-13H,(H,22,25)(H2,23,24,26). The van der Waals surface area contributed by atoms with Gasteiger partial charge in [0.05, 0.1) is 0 Å². The molecule has 1 amide bonds. The first-order valence-electron chi connectivity index (χ1n) is 7.90. The van der Waals surface area contributed by atoms with Crippen LogP contribution in [0.1, 0.15) is 10.4 Å². The Morgan fingerprint density at radius 3 is 2.08 bits per heavy atom. The molecule has 3 rings (SSSR count). The Morgan fingerprint density at radius 2 is 1.35 bits per heavy atom. The number of halogens is 1. The predicted octanol–water partition coefficient (Wildman–Crippen LogP) is 4.89. The molecule has 0 saturated carbocycles. The fourth-order valence-electron chi connectivity index (χ4n) is 2.29. The molecule has 3 aromatic rings. The topological polar surface area (TPSA) is 53.2 Å². The van der Waals surface area contributed by atoms with Crippen molar-refractivity contribution in [3.63, 3.8) is 0 Å². The zero-order valence-electron chi connectivity index (χ0n) is 13.7. The first-order valence-corrected chi connectivity index (χ1v) is 8.31. The molecular weight excluding hydrogens is 349 g/mol. The molecule has 0 atom stereocenters. The van der Waals surface area contributed by atoms with E-state index in [1.807, 2.05) is 36.4 Å². The maximum Gasteiger partial charge on any atom is 0.255 e. The summed E-state index contributed by atoms with van der Waals surface area (Å²) in [4.78, 5) is 12.3. The smallest absolute Gasteiger partial charge is 0.255 e. The van der Waals surface area contributed by atoms with Crippen molar-refractivity contribution < 1.29 is 9.18 Å². The Balaban J connectivity index is 1.64. The highest BCUT2D eigenvalue weighted by Crippen LogP contribution is 2.15. The summed E-state index contributed by atoms with van der Waals surface area (Å²) >= 11 is 5.29. The van der Waals surface area contributed by atoms with Crippen molar-refractivity contribution in [2.45, 2.75) is 0 Å². The fraction of sp³-hybridized carbons (Fsp3) is 0. The van der Waals surface area contributed by atoms with Crippen LogP contribution in [-0.4, -0.2) is 11.0 Å². The van der Waals surface area contributed by atoms with Gasteiger partial charge in [0, 0.05) is 22.6 Å². The number of anilines is 3. The number of hydrogen-bond acceptors (Lipinski definition) is 2. The van der Waals surface area contributed by atoms with Gasteiger partial charge < -0.3 is 16.0 Å². The lowest BCUT2D eigenvalue weighted by Gasteiger charge is -2.11. The van der Waals surface area contributed by atoms with Gasteiger partial charge in [0.2, 0.25) is 0 Å². The third kappa shape index (κ3) is 4.87. The van der Waals surface area contributed by atoms with E-state index >= 15 is 0 Å². The van der Waals surface area contributed by atoms with Crippen LogP contribution in [0.3, 0.4) is 0 Å². The zero-order chi connectivity index (χ0) is 18.4. The van der Waals surface area contributed by atoms with Crippen LogP contribution in [0.25, 0.3) is 0 Å². The van der Waals surface area contributed by atoms with Crippen molar-refractivity contribution >= 4 is 40.3 Å². The molecule has 3 N–H and O–H groups in total. The molecule has 0 heterocycles. The van der Waals surface area contributed by atoms with Crippen LogP contribution in [0, 0.1) is 5.82 Å². The highest BCUT2D eigenvalue weighted by atomic mass is 32.1. The lowest BCUT2D eigenvalue weighted by atomic mass is 10.2. The highest BCUT2D eigenvalue weighted by molar-refractivity contribution is 7.80. The Hall–Kier alpha value is -3.25. The van der Waals surface area contributed by atoms with Gasteiger partial charge in [-0.1, -0.05) is 24.3 Å². The summed E-state index contributed by atoms with van der Waals surface area (Å²) < 4.78 is 12.9. The summed E-state index contributed by atoms with van der Waals surface area (Å²) in [5.41, 5.74) is 2.54. The molecule has 0 saturated heterocycles. The number of amides is 1. The molecule has 0 bridgehead atoms. The molecule has 0 aliphatic rings. The van der Waals surface area contributed by atoms with Gasteiger partial charge in [0.25, 0.3) is 5.91 Å². The minimum Gasteiger partial charge on any atom is -0.332 e. The number of hydrogen-bond donors (Lipinski definition) is 3. The summed E-state index contributed by atoms with van der Waals surface area (Å²) in [5, 5.41) is 9.26. The second-order valence-electron chi connectivity index (χ2n) is 5.49. The van der Waals surface area contributed by atoms with Crippen LogP contribution in [0.2, 0.25) is 0 Å². The average molecular weight is 365 g/mol. The van der Waals surface area contributed by atoms with Gasteiger partial charge in [-0.25, -0.2) is 4.39 Å². The summed E-state index contributed by atoms with van der Waals surface area (Å²) in [6, 6.07) is 22.1. The molecular formula is C20H16FN3OS. The molecule has 0 spiro atoms. The van der Waals surface area contributed by atoms with E-state index in [1.165, 1.54) is 24.3 Å². The van der Waals surface area contributed by atoms with E-state index in [0.717, 1.165) is 5.69 Å². The van der Waals surface area contributed by atoms with Gasteiger partial charge in [-0.05, 0) is 66.8 Å². The second kappa shape index (κ2) is 8.22. The molecule has 0 aliphatic carbocycles. The number of carbonyl (C=O) groups excluding carboxylic acids is 1. The van der Waals surface area contributed by atoms with E-state index in [2.05, 4.69) is 16.0 Å². The van der Waals surface area contributed by atoms with Gasteiger partial charge in [-0.2, -0.15) is 0 Å². The summed E-state index contributed by atoms with van der Waals surface area (Å²) in [6.45, 7) is 0. The normalized spacial score (nSPS) is 10.0. The fourth-order valence-corrected chi connectivity index (χ4v) is 2.53. The largest absolute Gasteiger partial charge is 0.332 e. The van der Waals surface area contributed by atoms with Crippen LogP contribution < -0.4 is 16.0 Å². The van der Waals surface area contributed by atoms with E-state index in [9.17, 15) is 9.18 Å². The molecule has 6 heteroatoms. The molecule has 0 unspecified atom stereocenters. The van der Waals surface area contributed by atoms with Gasteiger partial charge in [-0.15, -0.1) is 0 Å². The summed E-state index contributed by atoms with van der Waals surface area (Å²) in [7, 11) is 0. The summed E-state index contributed by atoms with van der Waals surface area (Å²) in [5.74, 6) is -0.643. The van der Waals surface area contributed by atoms with Crippen molar-refractivity contribution in [3.8, 4) is 0 Å². The maximum absolute atomic E-state index is 12.9. The monoisotopic (exact) mass is 365 g/mol. The van der Waals surface area contributed by atoms with Gasteiger partial charge in [-0.3, -0.25) is 4.79 Å². The Morgan fingerprint density at radius 1 is 0.731 bits per heavy atom. The maximum atomic E-state index is 12.9. The molecule has 0 aromatic heterocycles. The first kappa shape index (κ1) is 17.6. The molecule has 0 radical (unpaired) electrons. The van der Waals surface area contributed by atoms with Crippen LogP contribution in [0.4, 0.5) is 21.5 Å². The molecule has 3 aromatic carbocycles. The van der Waals surface area contributed by atoms with Crippen molar-refractivity contribution in [2.75, 3.05) is 16.0 Å². The van der Waals surface area contributed by atoms with Crippen molar-refractivity contribution in [2.24, 2.45) is 0 Å². The van der Waals surface area contributed by atoms with E-state index in [0.29, 0.717) is 22.1 Å². The van der Waals surface area contributed by atoms with Crippen LogP contribution in [0.15, 0.2) is 78.9 Å². The van der Waals surface area contributed by atoms with E-state index in [-0.39, 0.29) is 11.7 Å². The third-order valence-corrected chi connectivity index (χ3v) is 3.72. The van der Waals surface area contributed by atoms with Gasteiger partial charge in [0.1, 0.15) is 5.82 Å². The average Bonchev–Trinajstić information content (AvgIpc) is 2.64. The van der Waals surface area contributed by atoms with Gasteiger partial charge in [0.15, 0.2) is 5.11 Å². The highest BCUT2D eigenvalue weighted by Gasteiger charge is 2.08. The number of rotatable bonds is 4. The van der Waals surface area contributed by atoms with E-state index in [1.54, 1.807) is 18.2 Å². The number of carbonyl (C=O) groups is 1. The van der Waals surface area contributed by atoms with Crippen LogP contribution >= 0.6 is 12.2 Å². The zero-order valence-corrected chi connectivity index (χ0v) is 14.5. The minimum atomic E-state index is -0.353. The van der Waals surface area contributed by atoms with Crippen LogP contribution in [-0.2, 0) is 0 Å². The first-order chi connectivity index (χ1) is 12.6. The summed E-state index contributed by atoms with van der Waals surface area (Å²) in [6.07, 6.45) is 0. The molecule has 26 heavy (non-hydrogen) atoms. The second-order valence-corrected chi connectivity index (χ2v) is 5.90. The Bertz CT molecular complexity index is 914. The van der Waals surface area contributed by atoms with Crippen LogP contribution in [0.5, 0.6) is 0 Å². The third-order valence-electron chi connectivity index (χ3n) is 3.52. The Kier molecular flexibility index (Phi) is 5.56. The van der Waals surface area contributed by atoms with Gasteiger partial charge >= 0.3 is 0 Å². The van der Waals surface area contributed by atoms with Crippen molar-refractivity contribution in [3.05, 3.63) is 90.2 Å². The molecule has 130 valence electrons. The van der Waals surface area contributed by atoms with Crippen molar-refractivity contribution in [1.82, 2.24) is 0 Å². The number of benzene rings is 3. The molecule has 0 aliphatic heterocycles. The minimum absolute atomic E-state index is 0.290. The number of thiocarbonyl (C=S) groups is 1. The Labute approximate surface area is 156 Å². The predicted molar refractivity (Wildman–Crippen MR) is 107 cm³/mol. The number of para-hydroxylation sites is 1. The molecule has 4 nitrogen and oxygen atoms in total. The number of nitrogens with one attached hydrogen (secondary N) is 3. The lowest BCUT2D eigenvalue weighted by molar-refractivity contribution is 0.102. The van der Waals surface area contributed by atoms with Crippen molar-refractivity contribution in [1.29, 1.82) is 0 Å².